The van der Waals surface area contributed by atoms with Crippen LogP contribution in [0.15, 0.2) is 24.3 Å². The summed E-state index contributed by atoms with van der Waals surface area (Å²) in [5.74, 6) is 0.660. The summed E-state index contributed by atoms with van der Waals surface area (Å²) in [6.07, 6.45) is 3.51. The van der Waals surface area contributed by atoms with Crippen LogP contribution in [0.2, 0.25) is 5.02 Å². The van der Waals surface area contributed by atoms with E-state index in [2.05, 4.69) is 12.1 Å². The Morgan fingerprint density at radius 1 is 1.15 bits per heavy atom. The van der Waals surface area contributed by atoms with Crippen LogP contribution in [0.1, 0.15) is 30.7 Å². The predicted molar refractivity (Wildman–Crippen MR) is 56.0 cm³/mol. The third-order valence-electron chi connectivity index (χ3n) is 2.81. The van der Waals surface area contributed by atoms with E-state index in [9.17, 15) is 0 Å². The first-order chi connectivity index (χ1) is 6.25. The Morgan fingerprint density at radius 3 is 2.38 bits per heavy atom. The highest BCUT2D eigenvalue weighted by molar-refractivity contribution is 6.30. The van der Waals surface area contributed by atoms with Gasteiger partial charge in [-0.25, -0.2) is 0 Å². The van der Waals surface area contributed by atoms with Gasteiger partial charge in [0.05, 0.1) is 0 Å². The first-order valence-corrected chi connectivity index (χ1v) is 5.14. The molecule has 0 aromatic heterocycles. The van der Waals surface area contributed by atoms with Crippen LogP contribution >= 0.6 is 11.6 Å². The van der Waals surface area contributed by atoms with E-state index in [1.165, 1.54) is 12.0 Å². The van der Waals surface area contributed by atoms with Crippen LogP contribution in [0.5, 0.6) is 0 Å². The monoisotopic (exact) mass is 195 g/mol. The first-order valence-electron chi connectivity index (χ1n) is 4.77. The molecule has 0 unspecified atom stereocenters. The van der Waals surface area contributed by atoms with E-state index in [0.717, 1.165) is 17.9 Å². The van der Waals surface area contributed by atoms with Gasteiger partial charge in [0.2, 0.25) is 0 Å². The second-order valence-electron chi connectivity index (χ2n) is 3.82. The maximum atomic E-state index is 5.87. The molecular weight excluding hydrogens is 182 g/mol. The summed E-state index contributed by atoms with van der Waals surface area (Å²) in [4.78, 5) is 0. The van der Waals surface area contributed by atoms with Crippen LogP contribution < -0.4 is 5.73 Å². The SMILES string of the molecule is N[C@@H]1CC[C@@H](c2ccc(Cl)cc2)C1. The van der Waals surface area contributed by atoms with Gasteiger partial charge in [-0.1, -0.05) is 23.7 Å². The van der Waals surface area contributed by atoms with Gasteiger partial charge in [0.15, 0.2) is 0 Å². The lowest BCUT2D eigenvalue weighted by molar-refractivity contribution is 0.675. The summed E-state index contributed by atoms with van der Waals surface area (Å²) >= 11 is 5.82. The Morgan fingerprint density at radius 2 is 1.85 bits per heavy atom. The van der Waals surface area contributed by atoms with Gasteiger partial charge < -0.3 is 5.73 Å². The molecule has 0 saturated heterocycles. The molecule has 0 aliphatic heterocycles. The molecule has 1 nitrogen and oxygen atoms in total. The van der Waals surface area contributed by atoms with Crippen LogP contribution in [0, 0.1) is 0 Å². The van der Waals surface area contributed by atoms with Crippen molar-refractivity contribution in [3.05, 3.63) is 34.9 Å². The lowest BCUT2D eigenvalue weighted by atomic mass is 9.98. The van der Waals surface area contributed by atoms with E-state index in [1.807, 2.05) is 12.1 Å². The third kappa shape index (κ3) is 2.04. The quantitative estimate of drug-likeness (QED) is 0.733. The molecule has 2 atom stereocenters. The van der Waals surface area contributed by atoms with E-state index in [-0.39, 0.29) is 0 Å². The normalized spacial score (nSPS) is 27.8. The molecule has 0 heterocycles. The summed E-state index contributed by atoms with van der Waals surface area (Å²) in [6, 6.07) is 8.55. The molecule has 2 heteroatoms. The van der Waals surface area contributed by atoms with Crippen molar-refractivity contribution in [2.75, 3.05) is 0 Å². The van der Waals surface area contributed by atoms with Gasteiger partial charge in [0, 0.05) is 11.1 Å². The molecule has 1 aliphatic carbocycles. The maximum Gasteiger partial charge on any atom is 0.0406 e. The maximum absolute atomic E-state index is 5.87. The van der Waals surface area contributed by atoms with Crippen molar-refractivity contribution in [3.8, 4) is 0 Å². The fourth-order valence-electron chi connectivity index (χ4n) is 2.05. The topological polar surface area (TPSA) is 26.0 Å². The molecule has 0 radical (unpaired) electrons. The Kier molecular flexibility index (Phi) is 2.56. The first kappa shape index (κ1) is 9.04. The summed E-state index contributed by atoms with van der Waals surface area (Å²) in [5, 5.41) is 0.811. The third-order valence-corrected chi connectivity index (χ3v) is 3.07. The van der Waals surface area contributed by atoms with E-state index in [4.69, 9.17) is 17.3 Å². The minimum atomic E-state index is 0.403. The van der Waals surface area contributed by atoms with Crippen molar-refractivity contribution in [2.45, 2.75) is 31.2 Å². The van der Waals surface area contributed by atoms with Crippen molar-refractivity contribution in [2.24, 2.45) is 5.73 Å². The molecule has 13 heavy (non-hydrogen) atoms. The highest BCUT2D eigenvalue weighted by atomic mass is 35.5. The Balaban J connectivity index is 2.13. The Labute approximate surface area is 83.9 Å². The molecule has 1 saturated carbocycles. The van der Waals surface area contributed by atoms with Gasteiger partial charge in [-0.05, 0) is 42.9 Å². The van der Waals surface area contributed by atoms with Gasteiger partial charge in [0.25, 0.3) is 0 Å². The molecule has 2 rings (SSSR count). The number of halogens is 1. The fraction of sp³-hybridized carbons (Fsp3) is 0.455. The van der Waals surface area contributed by atoms with Gasteiger partial charge in [-0.3, -0.25) is 0 Å². The standard InChI is InChI=1S/C11H14ClN/c12-10-4-1-8(2-5-10)9-3-6-11(13)7-9/h1-2,4-5,9,11H,3,6-7,13H2/t9-,11-/m1/s1. The summed E-state index contributed by atoms with van der Waals surface area (Å²) in [6.45, 7) is 0. The van der Waals surface area contributed by atoms with Crippen LogP contribution in [-0.4, -0.2) is 6.04 Å². The zero-order valence-corrected chi connectivity index (χ0v) is 8.30. The number of hydrogen-bond donors (Lipinski definition) is 1. The van der Waals surface area contributed by atoms with Crippen molar-refractivity contribution < 1.29 is 0 Å². The zero-order valence-electron chi connectivity index (χ0n) is 7.54. The molecule has 0 amide bonds. The number of benzene rings is 1. The second-order valence-corrected chi connectivity index (χ2v) is 4.26. The number of hydrogen-bond acceptors (Lipinski definition) is 1. The zero-order chi connectivity index (χ0) is 9.26. The van der Waals surface area contributed by atoms with Gasteiger partial charge in [0.1, 0.15) is 0 Å². The minimum Gasteiger partial charge on any atom is -0.328 e. The van der Waals surface area contributed by atoms with E-state index >= 15 is 0 Å². The molecular formula is C11H14ClN. The van der Waals surface area contributed by atoms with Crippen molar-refractivity contribution in [1.82, 2.24) is 0 Å². The van der Waals surface area contributed by atoms with Crippen molar-refractivity contribution >= 4 is 11.6 Å². The smallest absolute Gasteiger partial charge is 0.0406 e. The lowest BCUT2D eigenvalue weighted by Gasteiger charge is -2.09. The van der Waals surface area contributed by atoms with Crippen LogP contribution in [0.25, 0.3) is 0 Å². The van der Waals surface area contributed by atoms with Gasteiger partial charge in [-0.15, -0.1) is 0 Å². The Hall–Kier alpha value is -0.530. The summed E-state index contributed by atoms with van der Waals surface area (Å²) in [5.41, 5.74) is 7.25. The average Bonchev–Trinajstić information content (AvgIpc) is 2.53. The van der Waals surface area contributed by atoms with E-state index < -0.39 is 0 Å². The number of nitrogens with two attached hydrogens (primary N) is 1. The molecule has 70 valence electrons. The van der Waals surface area contributed by atoms with Gasteiger partial charge >= 0.3 is 0 Å². The van der Waals surface area contributed by atoms with Crippen LogP contribution in [-0.2, 0) is 0 Å². The molecule has 2 N–H and O–H groups in total. The van der Waals surface area contributed by atoms with Crippen LogP contribution in [0.3, 0.4) is 0 Å². The molecule has 1 fully saturated rings. The largest absolute Gasteiger partial charge is 0.328 e. The highest BCUT2D eigenvalue weighted by Crippen LogP contribution is 2.33. The molecule has 1 aliphatic rings. The Bertz CT molecular complexity index is 281. The minimum absolute atomic E-state index is 0.403. The molecule has 1 aromatic rings. The molecule has 0 spiro atoms. The van der Waals surface area contributed by atoms with E-state index in [1.54, 1.807) is 0 Å². The summed E-state index contributed by atoms with van der Waals surface area (Å²) in [7, 11) is 0. The summed E-state index contributed by atoms with van der Waals surface area (Å²) < 4.78 is 0. The molecule has 0 bridgehead atoms. The van der Waals surface area contributed by atoms with Gasteiger partial charge in [-0.2, -0.15) is 0 Å². The number of rotatable bonds is 1. The van der Waals surface area contributed by atoms with Crippen molar-refractivity contribution in [3.63, 3.8) is 0 Å². The fourth-order valence-corrected chi connectivity index (χ4v) is 2.18. The highest BCUT2D eigenvalue weighted by Gasteiger charge is 2.22. The lowest BCUT2D eigenvalue weighted by Crippen LogP contribution is -2.14. The van der Waals surface area contributed by atoms with E-state index in [0.29, 0.717) is 12.0 Å². The van der Waals surface area contributed by atoms with Crippen LogP contribution in [0.4, 0.5) is 0 Å². The average molecular weight is 196 g/mol. The van der Waals surface area contributed by atoms with Crippen molar-refractivity contribution in [1.29, 1.82) is 0 Å². The second kappa shape index (κ2) is 3.69. The molecule has 1 aromatic carbocycles. The predicted octanol–water partition coefficient (Wildman–Crippen LogP) is 2.93.